The van der Waals surface area contributed by atoms with E-state index < -0.39 is 0 Å². The molecular formula is C18H24N6S. The molecule has 3 aromatic rings. The molecule has 0 saturated carbocycles. The number of imidazole rings is 1. The largest absolute Gasteiger partial charge is 0.353 e. The number of aromatic nitrogens is 4. The van der Waals surface area contributed by atoms with E-state index in [1.807, 2.05) is 0 Å². The van der Waals surface area contributed by atoms with Crippen LogP contribution in [-0.2, 0) is 13.0 Å². The smallest absolute Gasteiger partial charge is 0.150 e. The van der Waals surface area contributed by atoms with Crippen molar-refractivity contribution in [3.05, 3.63) is 34.5 Å². The average Bonchev–Trinajstić information content (AvgIpc) is 3.19. The Hall–Kier alpha value is -1.99. The molecule has 0 amide bonds. The summed E-state index contributed by atoms with van der Waals surface area (Å²) in [5, 5.41) is 2.17. The molecule has 25 heavy (non-hydrogen) atoms. The number of aryl methyl sites for hydroxylation is 3. The van der Waals surface area contributed by atoms with Gasteiger partial charge in [-0.1, -0.05) is 6.92 Å². The first-order chi connectivity index (χ1) is 12.2. The van der Waals surface area contributed by atoms with Gasteiger partial charge in [-0.3, -0.25) is 4.90 Å². The van der Waals surface area contributed by atoms with Crippen LogP contribution in [0.2, 0.25) is 0 Å². The van der Waals surface area contributed by atoms with E-state index in [4.69, 9.17) is 4.98 Å². The number of thiophene rings is 1. The third-order valence-corrected chi connectivity index (χ3v) is 6.01. The highest BCUT2D eigenvalue weighted by atomic mass is 32.1. The van der Waals surface area contributed by atoms with Gasteiger partial charge in [0, 0.05) is 44.8 Å². The standard InChI is InChI=1S/C18H24N6S/c1-4-15-21-13(3)14(22-15)9-23-5-7-24(8-6-23)18-17-16(19-11-20-18)12(2)10-25-17/h10-11H,4-9H2,1-3H3,(H,21,22). The van der Waals surface area contributed by atoms with Crippen LogP contribution < -0.4 is 4.90 Å². The lowest BCUT2D eigenvalue weighted by Crippen LogP contribution is -2.46. The second kappa shape index (κ2) is 6.72. The SMILES string of the molecule is CCc1nc(CN2CCN(c3ncnc4c(C)csc34)CC2)c(C)[nH]1. The van der Waals surface area contributed by atoms with Gasteiger partial charge in [0.15, 0.2) is 0 Å². The fourth-order valence-corrected chi connectivity index (χ4v) is 4.42. The number of nitrogens with zero attached hydrogens (tertiary/aromatic N) is 5. The van der Waals surface area contributed by atoms with Crippen molar-refractivity contribution in [2.45, 2.75) is 33.7 Å². The number of nitrogens with one attached hydrogen (secondary N) is 1. The number of anilines is 1. The Bertz CT molecular complexity index is 875. The third-order valence-electron chi connectivity index (χ3n) is 4.93. The molecule has 0 atom stereocenters. The van der Waals surface area contributed by atoms with E-state index in [0.29, 0.717) is 0 Å². The average molecular weight is 356 g/mol. The fraction of sp³-hybridized carbons (Fsp3) is 0.500. The molecule has 6 nitrogen and oxygen atoms in total. The van der Waals surface area contributed by atoms with Gasteiger partial charge in [-0.2, -0.15) is 0 Å². The third kappa shape index (κ3) is 3.14. The van der Waals surface area contributed by atoms with Crippen molar-refractivity contribution >= 4 is 27.4 Å². The number of fused-ring (bicyclic) bond motifs is 1. The molecule has 1 saturated heterocycles. The second-order valence-corrected chi connectivity index (χ2v) is 7.55. The highest BCUT2D eigenvalue weighted by Crippen LogP contribution is 2.31. The predicted octanol–water partition coefficient (Wildman–Crippen LogP) is 2.92. The summed E-state index contributed by atoms with van der Waals surface area (Å²) < 4.78 is 1.21. The summed E-state index contributed by atoms with van der Waals surface area (Å²) in [6.07, 6.45) is 2.65. The molecule has 3 aromatic heterocycles. The van der Waals surface area contributed by atoms with Crippen LogP contribution in [0.3, 0.4) is 0 Å². The minimum Gasteiger partial charge on any atom is -0.353 e. The number of rotatable bonds is 4. The Morgan fingerprint density at radius 1 is 1.16 bits per heavy atom. The lowest BCUT2D eigenvalue weighted by molar-refractivity contribution is 0.246. The maximum absolute atomic E-state index is 4.71. The first kappa shape index (κ1) is 16.5. The van der Waals surface area contributed by atoms with Crippen LogP contribution in [0.4, 0.5) is 5.82 Å². The monoisotopic (exact) mass is 356 g/mol. The van der Waals surface area contributed by atoms with Gasteiger partial charge in [-0.05, 0) is 24.8 Å². The Kier molecular flexibility index (Phi) is 4.43. The maximum atomic E-state index is 4.71. The first-order valence-electron chi connectivity index (χ1n) is 8.86. The molecule has 1 fully saturated rings. The molecule has 0 unspecified atom stereocenters. The van der Waals surface area contributed by atoms with E-state index in [2.05, 4.69) is 50.9 Å². The van der Waals surface area contributed by atoms with Gasteiger partial charge in [0.2, 0.25) is 0 Å². The van der Waals surface area contributed by atoms with Crippen molar-refractivity contribution in [1.82, 2.24) is 24.8 Å². The molecule has 0 aliphatic carbocycles. The summed E-state index contributed by atoms with van der Waals surface area (Å²) in [6.45, 7) is 11.3. The normalized spacial score (nSPS) is 16.0. The second-order valence-electron chi connectivity index (χ2n) is 6.67. The Morgan fingerprint density at radius 2 is 1.96 bits per heavy atom. The minimum absolute atomic E-state index is 0.924. The van der Waals surface area contributed by atoms with Gasteiger partial charge in [0.05, 0.1) is 15.9 Å². The maximum Gasteiger partial charge on any atom is 0.150 e. The topological polar surface area (TPSA) is 60.9 Å². The highest BCUT2D eigenvalue weighted by molar-refractivity contribution is 7.18. The van der Waals surface area contributed by atoms with Crippen LogP contribution in [0.25, 0.3) is 10.2 Å². The summed E-state index contributed by atoms with van der Waals surface area (Å²) in [5.41, 5.74) is 4.72. The number of piperazine rings is 1. The molecule has 1 N–H and O–H groups in total. The number of hydrogen-bond donors (Lipinski definition) is 1. The van der Waals surface area contributed by atoms with Crippen molar-refractivity contribution in [2.24, 2.45) is 0 Å². The molecular weight excluding hydrogens is 332 g/mol. The van der Waals surface area contributed by atoms with Crippen LogP contribution in [0, 0.1) is 13.8 Å². The molecule has 0 aromatic carbocycles. The molecule has 0 spiro atoms. The van der Waals surface area contributed by atoms with E-state index >= 15 is 0 Å². The Balaban J connectivity index is 1.45. The zero-order valence-electron chi connectivity index (χ0n) is 15.0. The quantitative estimate of drug-likeness (QED) is 0.779. The lowest BCUT2D eigenvalue weighted by atomic mass is 10.2. The molecule has 132 valence electrons. The molecule has 4 heterocycles. The number of H-pyrrole nitrogens is 1. The van der Waals surface area contributed by atoms with E-state index in [1.54, 1.807) is 17.7 Å². The van der Waals surface area contributed by atoms with Crippen LogP contribution in [-0.4, -0.2) is 51.0 Å². The molecule has 0 bridgehead atoms. The van der Waals surface area contributed by atoms with Crippen LogP contribution in [0.1, 0.15) is 29.7 Å². The molecule has 1 aliphatic rings. The van der Waals surface area contributed by atoms with Crippen molar-refractivity contribution in [3.8, 4) is 0 Å². The Morgan fingerprint density at radius 3 is 2.68 bits per heavy atom. The molecule has 0 radical (unpaired) electrons. The summed E-state index contributed by atoms with van der Waals surface area (Å²) in [7, 11) is 0. The molecule has 4 rings (SSSR count). The van der Waals surface area contributed by atoms with Crippen LogP contribution in [0.5, 0.6) is 0 Å². The predicted molar refractivity (Wildman–Crippen MR) is 102 cm³/mol. The number of hydrogen-bond acceptors (Lipinski definition) is 6. The fourth-order valence-electron chi connectivity index (χ4n) is 3.40. The summed E-state index contributed by atoms with van der Waals surface area (Å²) >= 11 is 1.75. The summed E-state index contributed by atoms with van der Waals surface area (Å²) in [5.74, 6) is 2.18. The van der Waals surface area contributed by atoms with Gasteiger partial charge in [0.25, 0.3) is 0 Å². The van der Waals surface area contributed by atoms with Crippen LogP contribution >= 0.6 is 11.3 Å². The summed E-state index contributed by atoms with van der Waals surface area (Å²) in [6, 6.07) is 0. The van der Waals surface area contributed by atoms with Gasteiger partial charge < -0.3 is 9.88 Å². The highest BCUT2D eigenvalue weighted by Gasteiger charge is 2.22. The van der Waals surface area contributed by atoms with Crippen molar-refractivity contribution < 1.29 is 0 Å². The zero-order chi connectivity index (χ0) is 17.4. The van der Waals surface area contributed by atoms with E-state index in [9.17, 15) is 0 Å². The number of aromatic amines is 1. The van der Waals surface area contributed by atoms with Gasteiger partial charge in [-0.15, -0.1) is 11.3 Å². The Labute approximate surface area is 151 Å². The van der Waals surface area contributed by atoms with E-state index in [1.165, 1.54) is 21.7 Å². The lowest BCUT2D eigenvalue weighted by Gasteiger charge is -2.35. The molecule has 1 aliphatic heterocycles. The summed E-state index contributed by atoms with van der Waals surface area (Å²) in [4.78, 5) is 22.0. The zero-order valence-corrected chi connectivity index (χ0v) is 15.9. The van der Waals surface area contributed by atoms with Crippen molar-refractivity contribution in [3.63, 3.8) is 0 Å². The van der Waals surface area contributed by atoms with E-state index in [0.717, 1.165) is 56.3 Å². The van der Waals surface area contributed by atoms with Gasteiger partial charge in [0.1, 0.15) is 18.0 Å². The molecule has 7 heteroatoms. The van der Waals surface area contributed by atoms with Crippen LogP contribution in [0.15, 0.2) is 11.7 Å². The van der Waals surface area contributed by atoms with Crippen molar-refractivity contribution in [1.29, 1.82) is 0 Å². The van der Waals surface area contributed by atoms with Crippen molar-refractivity contribution in [2.75, 3.05) is 31.1 Å². The van der Waals surface area contributed by atoms with E-state index in [-0.39, 0.29) is 0 Å². The minimum atomic E-state index is 0.924. The first-order valence-corrected chi connectivity index (χ1v) is 9.74. The van der Waals surface area contributed by atoms with Gasteiger partial charge in [-0.25, -0.2) is 15.0 Å². The van der Waals surface area contributed by atoms with Gasteiger partial charge >= 0.3 is 0 Å².